The van der Waals surface area contributed by atoms with Crippen molar-refractivity contribution in [1.29, 1.82) is 0 Å². The smallest absolute Gasteiger partial charge is 0.221 e. The molecule has 0 amide bonds. The van der Waals surface area contributed by atoms with Crippen LogP contribution in [0.4, 0.5) is 5.82 Å². The monoisotopic (exact) mass is 279 g/mol. The highest BCUT2D eigenvalue weighted by atomic mass is 16.5. The largest absolute Gasteiger partial charge is 0.476 e. The fourth-order valence-corrected chi connectivity index (χ4v) is 2.51. The number of hydrogen-bond donors (Lipinski definition) is 2. The minimum absolute atomic E-state index is 0.470. The third kappa shape index (κ3) is 3.37. The maximum absolute atomic E-state index is 5.94. The summed E-state index contributed by atoms with van der Waals surface area (Å²) in [5.74, 6) is 7.53. The fraction of sp³-hybridized carbons (Fsp3) is 0.714. The van der Waals surface area contributed by atoms with Crippen molar-refractivity contribution >= 4 is 5.82 Å². The molecule has 2 heterocycles. The van der Waals surface area contributed by atoms with Gasteiger partial charge in [0.05, 0.1) is 5.56 Å². The van der Waals surface area contributed by atoms with Gasteiger partial charge in [-0.1, -0.05) is 13.3 Å². The fourth-order valence-electron chi connectivity index (χ4n) is 2.51. The average Bonchev–Trinajstić information content (AvgIpc) is 2.47. The molecule has 3 N–H and O–H groups in total. The Morgan fingerprint density at radius 3 is 2.85 bits per heavy atom. The van der Waals surface area contributed by atoms with E-state index in [9.17, 15) is 0 Å². The van der Waals surface area contributed by atoms with Gasteiger partial charge in [0, 0.05) is 12.5 Å². The summed E-state index contributed by atoms with van der Waals surface area (Å²) in [7, 11) is 2.16. The molecule has 1 saturated heterocycles. The van der Waals surface area contributed by atoms with Gasteiger partial charge in [-0.05, 0) is 33.4 Å². The van der Waals surface area contributed by atoms with E-state index in [1.54, 1.807) is 0 Å². The van der Waals surface area contributed by atoms with Gasteiger partial charge in [-0.15, -0.1) is 0 Å². The van der Waals surface area contributed by atoms with Crippen LogP contribution in [0.3, 0.4) is 0 Å². The predicted octanol–water partition coefficient (Wildman–Crippen LogP) is 1.50. The number of nitrogens with two attached hydrogens (primary N) is 1. The maximum atomic E-state index is 5.94. The van der Waals surface area contributed by atoms with Crippen LogP contribution in [0.2, 0.25) is 0 Å². The number of anilines is 1. The summed E-state index contributed by atoms with van der Waals surface area (Å²) < 4.78 is 5.94. The first-order valence-corrected chi connectivity index (χ1v) is 7.32. The summed E-state index contributed by atoms with van der Waals surface area (Å²) in [6.45, 7) is 5.76. The Bertz CT molecular complexity index is 451. The second kappa shape index (κ2) is 6.85. The standard InChI is InChI=1S/C14H25N5O/c1-4-12-16-13(18-15)10(2)14(17-12)20-9-11-7-5-6-8-19(11)3/h11H,4-9,15H2,1-3H3,(H,16,17,18). The zero-order valence-electron chi connectivity index (χ0n) is 12.6. The molecular formula is C14H25N5O. The van der Waals surface area contributed by atoms with Crippen molar-refractivity contribution < 1.29 is 4.74 Å². The highest BCUT2D eigenvalue weighted by molar-refractivity contribution is 5.47. The molecular weight excluding hydrogens is 254 g/mol. The molecule has 1 aromatic rings. The normalized spacial score (nSPS) is 19.9. The van der Waals surface area contributed by atoms with Crippen LogP contribution in [-0.4, -0.2) is 41.1 Å². The summed E-state index contributed by atoms with van der Waals surface area (Å²) in [5.41, 5.74) is 3.48. The molecule has 1 aliphatic rings. The van der Waals surface area contributed by atoms with Crippen LogP contribution in [0.5, 0.6) is 5.88 Å². The van der Waals surface area contributed by atoms with Crippen molar-refractivity contribution in [2.45, 2.75) is 45.6 Å². The lowest BCUT2D eigenvalue weighted by Gasteiger charge is -2.32. The Labute approximate surface area is 120 Å². The summed E-state index contributed by atoms with van der Waals surface area (Å²) in [6.07, 6.45) is 4.50. The van der Waals surface area contributed by atoms with E-state index in [1.807, 2.05) is 13.8 Å². The van der Waals surface area contributed by atoms with E-state index in [2.05, 4.69) is 27.3 Å². The van der Waals surface area contributed by atoms with Gasteiger partial charge in [0.2, 0.25) is 5.88 Å². The number of nitrogen functional groups attached to an aromatic ring is 1. The van der Waals surface area contributed by atoms with Gasteiger partial charge < -0.3 is 15.1 Å². The van der Waals surface area contributed by atoms with E-state index in [0.717, 1.165) is 24.4 Å². The summed E-state index contributed by atoms with van der Waals surface area (Å²) in [5, 5.41) is 0. The first-order valence-electron chi connectivity index (χ1n) is 7.32. The van der Waals surface area contributed by atoms with Gasteiger partial charge in [-0.3, -0.25) is 0 Å². The third-order valence-electron chi connectivity index (χ3n) is 3.93. The zero-order valence-corrected chi connectivity index (χ0v) is 12.6. The Hall–Kier alpha value is -1.40. The molecule has 1 atom stereocenters. The van der Waals surface area contributed by atoms with Crippen LogP contribution in [0.25, 0.3) is 0 Å². The average molecular weight is 279 g/mol. The highest BCUT2D eigenvalue weighted by Crippen LogP contribution is 2.23. The number of likely N-dealkylation sites (tertiary alicyclic amines) is 1. The maximum Gasteiger partial charge on any atom is 0.221 e. The molecule has 0 spiro atoms. The molecule has 1 aromatic heterocycles. The number of nitrogens with one attached hydrogen (secondary N) is 1. The van der Waals surface area contributed by atoms with Crippen molar-refractivity contribution in [3.05, 3.63) is 11.4 Å². The number of aromatic nitrogens is 2. The van der Waals surface area contributed by atoms with Crippen molar-refractivity contribution in [3.8, 4) is 5.88 Å². The SMILES string of the molecule is CCc1nc(NN)c(C)c(OCC2CCCCN2C)n1. The summed E-state index contributed by atoms with van der Waals surface area (Å²) >= 11 is 0. The number of aryl methyl sites for hydroxylation is 1. The molecule has 2 rings (SSSR count). The molecule has 6 heteroatoms. The molecule has 6 nitrogen and oxygen atoms in total. The lowest BCUT2D eigenvalue weighted by atomic mass is 10.0. The van der Waals surface area contributed by atoms with Crippen molar-refractivity contribution in [3.63, 3.8) is 0 Å². The first-order chi connectivity index (χ1) is 9.65. The van der Waals surface area contributed by atoms with Gasteiger partial charge in [0.15, 0.2) is 0 Å². The molecule has 0 bridgehead atoms. The number of ether oxygens (including phenoxy) is 1. The van der Waals surface area contributed by atoms with E-state index in [1.165, 1.54) is 19.3 Å². The highest BCUT2D eigenvalue weighted by Gasteiger charge is 2.20. The molecule has 1 unspecified atom stereocenters. The molecule has 112 valence electrons. The van der Waals surface area contributed by atoms with Crippen LogP contribution < -0.4 is 16.0 Å². The summed E-state index contributed by atoms with van der Waals surface area (Å²) in [6, 6.07) is 0.470. The Morgan fingerprint density at radius 2 is 2.20 bits per heavy atom. The number of piperidine rings is 1. The molecule has 0 radical (unpaired) electrons. The van der Waals surface area contributed by atoms with Crippen molar-refractivity contribution in [2.75, 3.05) is 25.6 Å². The van der Waals surface area contributed by atoms with Crippen molar-refractivity contribution in [1.82, 2.24) is 14.9 Å². The van der Waals surface area contributed by atoms with Crippen LogP contribution in [0, 0.1) is 6.92 Å². The Kier molecular flexibility index (Phi) is 5.14. The topological polar surface area (TPSA) is 76.3 Å². The van der Waals surface area contributed by atoms with Crippen LogP contribution >= 0.6 is 0 Å². The number of hydrazine groups is 1. The Morgan fingerprint density at radius 1 is 1.40 bits per heavy atom. The molecule has 0 saturated carbocycles. The third-order valence-corrected chi connectivity index (χ3v) is 3.93. The molecule has 20 heavy (non-hydrogen) atoms. The second-order valence-corrected chi connectivity index (χ2v) is 5.36. The van der Waals surface area contributed by atoms with Crippen LogP contribution in [-0.2, 0) is 6.42 Å². The van der Waals surface area contributed by atoms with E-state index in [0.29, 0.717) is 24.3 Å². The number of rotatable bonds is 5. The second-order valence-electron chi connectivity index (χ2n) is 5.36. The van der Waals surface area contributed by atoms with Crippen molar-refractivity contribution in [2.24, 2.45) is 5.84 Å². The zero-order chi connectivity index (χ0) is 14.5. The number of hydrogen-bond acceptors (Lipinski definition) is 6. The summed E-state index contributed by atoms with van der Waals surface area (Å²) in [4.78, 5) is 11.2. The van der Waals surface area contributed by atoms with E-state index < -0.39 is 0 Å². The quantitative estimate of drug-likeness (QED) is 0.628. The van der Waals surface area contributed by atoms with Gasteiger partial charge in [0.25, 0.3) is 0 Å². The van der Waals surface area contributed by atoms with Gasteiger partial charge >= 0.3 is 0 Å². The molecule has 1 aliphatic heterocycles. The van der Waals surface area contributed by atoms with E-state index in [-0.39, 0.29) is 0 Å². The molecule has 0 aliphatic carbocycles. The number of nitrogens with zero attached hydrogens (tertiary/aromatic N) is 3. The minimum Gasteiger partial charge on any atom is -0.476 e. The van der Waals surface area contributed by atoms with E-state index in [4.69, 9.17) is 10.6 Å². The molecule has 0 aromatic carbocycles. The lowest BCUT2D eigenvalue weighted by Crippen LogP contribution is -2.40. The predicted molar refractivity (Wildman–Crippen MR) is 79.7 cm³/mol. The lowest BCUT2D eigenvalue weighted by molar-refractivity contribution is 0.122. The first kappa shape index (κ1) is 15.0. The van der Waals surface area contributed by atoms with Crippen LogP contribution in [0.15, 0.2) is 0 Å². The minimum atomic E-state index is 0.470. The van der Waals surface area contributed by atoms with Crippen LogP contribution in [0.1, 0.15) is 37.6 Å². The Balaban J connectivity index is 2.08. The van der Waals surface area contributed by atoms with E-state index >= 15 is 0 Å². The molecule has 1 fully saturated rings. The van der Waals surface area contributed by atoms with Gasteiger partial charge in [-0.2, -0.15) is 4.98 Å². The number of likely N-dealkylation sites (N-methyl/N-ethyl adjacent to an activating group) is 1. The van der Waals surface area contributed by atoms with Gasteiger partial charge in [0.1, 0.15) is 18.2 Å². The van der Waals surface area contributed by atoms with Gasteiger partial charge in [-0.25, -0.2) is 10.8 Å².